The van der Waals surface area contributed by atoms with Gasteiger partial charge in [0.05, 0.1) is 5.75 Å². The standard InChI is InChI=1S/C20H23N5OS2/c1-14-8-4-5-9-15(14)23-16(26)12-27-19-17-18(21-13-22-19)24-20(28-17)25-10-6-2-3-7-11-25/h4-5,8-9,13H,2-3,6-7,10-12H2,1H3,(H,23,26). The summed E-state index contributed by atoms with van der Waals surface area (Å²) in [5.41, 5.74) is 2.62. The molecule has 0 saturated carbocycles. The first kappa shape index (κ1) is 19.1. The molecule has 1 fully saturated rings. The lowest BCUT2D eigenvalue weighted by atomic mass is 10.2. The van der Waals surface area contributed by atoms with E-state index in [0.29, 0.717) is 5.75 Å². The van der Waals surface area contributed by atoms with Crippen LogP contribution in [0.15, 0.2) is 35.6 Å². The number of aryl methyl sites for hydroxylation is 1. The summed E-state index contributed by atoms with van der Waals surface area (Å²) < 4.78 is 0.968. The van der Waals surface area contributed by atoms with Gasteiger partial charge < -0.3 is 10.2 Å². The minimum absolute atomic E-state index is 0.0386. The van der Waals surface area contributed by atoms with Gasteiger partial charge in [0.1, 0.15) is 16.1 Å². The highest BCUT2D eigenvalue weighted by molar-refractivity contribution is 8.00. The van der Waals surface area contributed by atoms with Crippen LogP contribution in [0.1, 0.15) is 31.2 Å². The van der Waals surface area contributed by atoms with Crippen LogP contribution < -0.4 is 10.2 Å². The Morgan fingerprint density at radius 3 is 2.75 bits per heavy atom. The van der Waals surface area contributed by atoms with Crippen LogP contribution in [0.3, 0.4) is 0 Å². The van der Waals surface area contributed by atoms with Crippen molar-refractivity contribution in [2.75, 3.05) is 29.1 Å². The zero-order valence-corrected chi connectivity index (χ0v) is 17.5. The molecular weight excluding hydrogens is 390 g/mol. The molecular formula is C20H23N5OS2. The molecule has 1 amide bonds. The molecule has 1 N–H and O–H groups in total. The topological polar surface area (TPSA) is 71.0 Å². The van der Waals surface area contributed by atoms with Crippen molar-refractivity contribution < 1.29 is 4.79 Å². The number of nitrogens with one attached hydrogen (secondary N) is 1. The summed E-state index contributed by atoms with van der Waals surface area (Å²) in [6.45, 7) is 4.08. The number of rotatable bonds is 5. The molecule has 3 aromatic rings. The van der Waals surface area contributed by atoms with Gasteiger partial charge in [-0.2, -0.15) is 4.98 Å². The van der Waals surface area contributed by atoms with Gasteiger partial charge in [-0.05, 0) is 31.4 Å². The second kappa shape index (κ2) is 8.87. The van der Waals surface area contributed by atoms with Crippen LogP contribution in [0.2, 0.25) is 0 Å². The lowest BCUT2D eigenvalue weighted by Crippen LogP contribution is -2.23. The van der Waals surface area contributed by atoms with Crippen LogP contribution in [0.5, 0.6) is 0 Å². The van der Waals surface area contributed by atoms with Crippen molar-refractivity contribution in [2.24, 2.45) is 0 Å². The van der Waals surface area contributed by atoms with E-state index in [9.17, 15) is 4.79 Å². The zero-order valence-electron chi connectivity index (χ0n) is 15.9. The zero-order chi connectivity index (χ0) is 19.3. The Labute approximate surface area is 172 Å². The third-order valence-corrected chi connectivity index (χ3v) is 7.01. The van der Waals surface area contributed by atoms with E-state index in [1.54, 1.807) is 11.3 Å². The van der Waals surface area contributed by atoms with Crippen molar-refractivity contribution in [3.63, 3.8) is 0 Å². The molecule has 1 aromatic carbocycles. The van der Waals surface area contributed by atoms with Gasteiger partial charge in [0, 0.05) is 18.8 Å². The molecule has 0 atom stereocenters. The van der Waals surface area contributed by atoms with Crippen LogP contribution in [0.4, 0.5) is 10.8 Å². The summed E-state index contributed by atoms with van der Waals surface area (Å²) in [7, 11) is 0. The molecule has 28 heavy (non-hydrogen) atoms. The molecule has 8 heteroatoms. The quantitative estimate of drug-likeness (QED) is 0.490. The van der Waals surface area contributed by atoms with Crippen molar-refractivity contribution in [3.05, 3.63) is 36.2 Å². The van der Waals surface area contributed by atoms with Crippen LogP contribution >= 0.6 is 23.1 Å². The fourth-order valence-corrected chi connectivity index (χ4v) is 5.20. The van der Waals surface area contributed by atoms with Gasteiger partial charge in [-0.15, -0.1) is 0 Å². The number of carbonyl (C=O) groups is 1. The molecule has 2 aromatic heterocycles. The van der Waals surface area contributed by atoms with Crippen molar-refractivity contribution in [1.82, 2.24) is 15.0 Å². The number of hydrogen-bond acceptors (Lipinski definition) is 7. The molecule has 0 unspecified atom stereocenters. The highest BCUT2D eigenvalue weighted by Gasteiger charge is 2.18. The Balaban J connectivity index is 1.46. The molecule has 0 radical (unpaired) electrons. The van der Waals surface area contributed by atoms with Crippen LogP contribution in [0, 0.1) is 6.92 Å². The normalized spacial score (nSPS) is 14.8. The van der Waals surface area contributed by atoms with Crippen LogP contribution in [-0.2, 0) is 4.79 Å². The van der Waals surface area contributed by atoms with E-state index in [4.69, 9.17) is 4.98 Å². The lowest BCUT2D eigenvalue weighted by molar-refractivity contribution is -0.113. The minimum Gasteiger partial charge on any atom is -0.348 e. The second-order valence-electron chi connectivity index (χ2n) is 6.88. The Morgan fingerprint density at radius 2 is 1.96 bits per heavy atom. The van der Waals surface area contributed by atoms with Gasteiger partial charge in [0.25, 0.3) is 0 Å². The molecule has 0 aliphatic carbocycles. The van der Waals surface area contributed by atoms with Gasteiger partial charge in [-0.3, -0.25) is 4.79 Å². The number of para-hydroxylation sites is 1. The van der Waals surface area contributed by atoms with E-state index in [1.165, 1.54) is 43.8 Å². The third kappa shape index (κ3) is 4.44. The molecule has 1 aliphatic heterocycles. The fraction of sp³-hybridized carbons (Fsp3) is 0.400. The largest absolute Gasteiger partial charge is 0.348 e. The maximum atomic E-state index is 12.4. The predicted molar refractivity (Wildman–Crippen MR) is 116 cm³/mol. The lowest BCUT2D eigenvalue weighted by Gasteiger charge is -2.18. The number of thiazole rings is 1. The van der Waals surface area contributed by atoms with Gasteiger partial charge in [-0.25, -0.2) is 9.97 Å². The van der Waals surface area contributed by atoms with Crippen molar-refractivity contribution >= 4 is 50.2 Å². The van der Waals surface area contributed by atoms with E-state index < -0.39 is 0 Å². The Kier molecular flexibility index (Phi) is 6.07. The first-order valence-electron chi connectivity index (χ1n) is 9.55. The molecule has 1 saturated heterocycles. The second-order valence-corrected chi connectivity index (χ2v) is 8.82. The number of anilines is 2. The molecule has 0 bridgehead atoms. The number of hydrogen-bond donors (Lipinski definition) is 1. The summed E-state index contributed by atoms with van der Waals surface area (Å²) in [5, 5.41) is 4.81. The van der Waals surface area contributed by atoms with Crippen molar-refractivity contribution in [3.8, 4) is 0 Å². The minimum atomic E-state index is -0.0386. The Bertz CT molecular complexity index is 966. The maximum absolute atomic E-state index is 12.4. The number of benzene rings is 1. The highest BCUT2D eigenvalue weighted by atomic mass is 32.2. The molecule has 3 heterocycles. The fourth-order valence-electron chi connectivity index (χ4n) is 3.26. The van der Waals surface area contributed by atoms with E-state index in [1.807, 2.05) is 31.2 Å². The smallest absolute Gasteiger partial charge is 0.234 e. The predicted octanol–water partition coefficient (Wildman–Crippen LogP) is 4.51. The van der Waals surface area contributed by atoms with E-state index in [0.717, 1.165) is 44.8 Å². The number of amides is 1. The number of thioether (sulfide) groups is 1. The van der Waals surface area contributed by atoms with Crippen molar-refractivity contribution in [2.45, 2.75) is 37.6 Å². The van der Waals surface area contributed by atoms with Gasteiger partial charge >= 0.3 is 0 Å². The Morgan fingerprint density at radius 1 is 1.18 bits per heavy atom. The summed E-state index contributed by atoms with van der Waals surface area (Å²) in [5.74, 6) is 0.264. The molecule has 0 spiro atoms. The van der Waals surface area contributed by atoms with Gasteiger partial charge in [0.2, 0.25) is 5.91 Å². The van der Waals surface area contributed by atoms with Gasteiger partial charge in [0.15, 0.2) is 10.8 Å². The average molecular weight is 414 g/mol. The van der Waals surface area contributed by atoms with Crippen LogP contribution in [-0.4, -0.2) is 39.7 Å². The molecule has 4 rings (SSSR count). The molecule has 1 aliphatic rings. The third-order valence-electron chi connectivity index (χ3n) is 4.78. The SMILES string of the molecule is Cc1ccccc1NC(=O)CSc1ncnc2nc(N3CCCCCC3)sc12. The first-order chi connectivity index (χ1) is 13.7. The van der Waals surface area contributed by atoms with Crippen LogP contribution in [0.25, 0.3) is 10.3 Å². The summed E-state index contributed by atoms with van der Waals surface area (Å²) in [4.78, 5) is 28.2. The number of carbonyl (C=O) groups excluding carboxylic acids is 1. The number of fused-ring (bicyclic) bond motifs is 1. The monoisotopic (exact) mass is 413 g/mol. The van der Waals surface area contributed by atoms with E-state index in [2.05, 4.69) is 20.2 Å². The van der Waals surface area contributed by atoms with Crippen molar-refractivity contribution in [1.29, 1.82) is 0 Å². The maximum Gasteiger partial charge on any atom is 0.234 e. The first-order valence-corrected chi connectivity index (χ1v) is 11.4. The summed E-state index contributed by atoms with van der Waals surface area (Å²) in [6, 6.07) is 7.78. The average Bonchev–Trinajstić information content (AvgIpc) is 2.95. The number of aromatic nitrogens is 3. The summed E-state index contributed by atoms with van der Waals surface area (Å²) in [6.07, 6.45) is 6.54. The summed E-state index contributed by atoms with van der Waals surface area (Å²) >= 11 is 3.07. The molecule has 6 nitrogen and oxygen atoms in total. The Hall–Kier alpha value is -2.19. The van der Waals surface area contributed by atoms with E-state index in [-0.39, 0.29) is 5.91 Å². The highest BCUT2D eigenvalue weighted by Crippen LogP contribution is 2.34. The number of nitrogens with zero attached hydrogens (tertiary/aromatic N) is 4. The molecule has 146 valence electrons. The van der Waals surface area contributed by atoms with E-state index >= 15 is 0 Å². The van der Waals surface area contributed by atoms with Gasteiger partial charge in [-0.1, -0.05) is 54.1 Å².